The molecule has 0 bridgehead atoms. The number of carbonyl (C=O) groups excluding carboxylic acids is 1. The van der Waals surface area contributed by atoms with Crippen molar-refractivity contribution in [3.05, 3.63) is 88.0 Å². The summed E-state index contributed by atoms with van der Waals surface area (Å²) in [5, 5.41) is 17.3. The number of nitrogens with zero attached hydrogens (tertiary/aromatic N) is 3. The number of carbonyl (C=O) groups is 1. The zero-order valence-corrected chi connectivity index (χ0v) is 16.8. The predicted octanol–water partition coefficient (Wildman–Crippen LogP) is 2.91. The highest BCUT2D eigenvalue weighted by atomic mass is 16.3. The average molecular weight is 402 g/mol. The van der Waals surface area contributed by atoms with Crippen LogP contribution in [0.3, 0.4) is 0 Å². The number of aryl methyl sites for hydroxylation is 1. The van der Waals surface area contributed by atoms with Crippen LogP contribution < -0.4 is 10.9 Å². The second kappa shape index (κ2) is 7.96. The lowest BCUT2D eigenvalue weighted by atomic mass is 10.1. The molecule has 2 aromatic carbocycles. The molecule has 0 radical (unpaired) electrons. The molecule has 0 aliphatic rings. The third kappa shape index (κ3) is 3.51. The molecular weight excluding hydrogens is 380 g/mol. The number of aliphatic hydroxyl groups excluding tert-OH is 1. The van der Waals surface area contributed by atoms with E-state index in [4.69, 9.17) is 0 Å². The number of nitrogens with one attached hydrogen (secondary N) is 1. The summed E-state index contributed by atoms with van der Waals surface area (Å²) in [5.41, 5.74) is 4.46. The number of rotatable bonds is 5. The van der Waals surface area contributed by atoms with Crippen LogP contribution in [0.4, 0.5) is 5.69 Å². The predicted molar refractivity (Wildman–Crippen MR) is 115 cm³/mol. The molecule has 0 saturated carbocycles. The van der Waals surface area contributed by atoms with E-state index in [1.807, 2.05) is 62.4 Å². The van der Waals surface area contributed by atoms with Crippen molar-refractivity contribution in [1.29, 1.82) is 0 Å². The van der Waals surface area contributed by atoms with Crippen molar-refractivity contribution in [2.45, 2.75) is 27.0 Å². The van der Waals surface area contributed by atoms with E-state index in [-0.39, 0.29) is 30.1 Å². The number of anilines is 1. The van der Waals surface area contributed by atoms with Crippen LogP contribution >= 0.6 is 0 Å². The van der Waals surface area contributed by atoms with E-state index in [1.165, 1.54) is 15.3 Å². The molecule has 2 N–H and O–H groups in total. The maximum absolute atomic E-state index is 13.1. The summed E-state index contributed by atoms with van der Waals surface area (Å²) >= 11 is 0. The Hall–Kier alpha value is -3.71. The maximum atomic E-state index is 13.1. The third-order valence-corrected chi connectivity index (χ3v) is 5.26. The first-order valence-corrected chi connectivity index (χ1v) is 9.62. The lowest BCUT2D eigenvalue weighted by molar-refractivity contribution is -0.116. The van der Waals surface area contributed by atoms with Gasteiger partial charge in [0.2, 0.25) is 5.91 Å². The van der Waals surface area contributed by atoms with Gasteiger partial charge in [-0.3, -0.25) is 9.59 Å². The van der Waals surface area contributed by atoms with Crippen LogP contribution in [-0.2, 0) is 17.9 Å². The zero-order chi connectivity index (χ0) is 21.3. The summed E-state index contributed by atoms with van der Waals surface area (Å²) in [6.07, 6.45) is 3.15. The SMILES string of the molecule is Cc1cccc(NC(=O)Cn2ccn3nc(-c4ccccc4)c(CO)c3c2=O)c1C. The van der Waals surface area contributed by atoms with Gasteiger partial charge < -0.3 is 15.0 Å². The van der Waals surface area contributed by atoms with Crippen molar-refractivity contribution < 1.29 is 9.90 Å². The van der Waals surface area contributed by atoms with Crippen LogP contribution in [0.2, 0.25) is 0 Å². The lowest BCUT2D eigenvalue weighted by Gasteiger charge is -2.11. The Morgan fingerprint density at radius 2 is 1.83 bits per heavy atom. The van der Waals surface area contributed by atoms with Crippen molar-refractivity contribution in [1.82, 2.24) is 14.2 Å². The van der Waals surface area contributed by atoms with Crippen LogP contribution in [-0.4, -0.2) is 25.2 Å². The third-order valence-electron chi connectivity index (χ3n) is 5.26. The molecule has 0 atom stereocenters. The van der Waals surface area contributed by atoms with Crippen molar-refractivity contribution in [2.75, 3.05) is 5.32 Å². The standard InChI is InChI=1S/C23H22N4O3/c1-15-7-6-10-19(16(15)2)24-20(29)13-26-11-12-27-22(23(26)30)18(14-28)21(25-27)17-8-4-3-5-9-17/h3-12,28H,13-14H2,1-2H3,(H,24,29). The number of hydrogen-bond acceptors (Lipinski definition) is 4. The van der Waals surface area contributed by atoms with Crippen LogP contribution in [0.1, 0.15) is 16.7 Å². The number of hydrogen-bond donors (Lipinski definition) is 2. The van der Waals surface area contributed by atoms with E-state index in [1.54, 1.807) is 6.20 Å². The molecule has 4 rings (SSSR count). The molecule has 4 aromatic rings. The highest BCUT2D eigenvalue weighted by Gasteiger charge is 2.18. The zero-order valence-electron chi connectivity index (χ0n) is 16.8. The number of aromatic nitrogens is 3. The van der Waals surface area contributed by atoms with Gasteiger partial charge in [-0.15, -0.1) is 0 Å². The van der Waals surface area contributed by atoms with Gasteiger partial charge in [0.15, 0.2) is 0 Å². The van der Waals surface area contributed by atoms with Crippen LogP contribution in [0.15, 0.2) is 65.7 Å². The number of fused-ring (bicyclic) bond motifs is 1. The molecule has 0 fully saturated rings. The Labute approximate surface area is 173 Å². The van der Waals surface area contributed by atoms with Crippen molar-refractivity contribution in [3.63, 3.8) is 0 Å². The Morgan fingerprint density at radius 3 is 2.57 bits per heavy atom. The second-order valence-electron chi connectivity index (χ2n) is 7.17. The molecule has 30 heavy (non-hydrogen) atoms. The van der Waals surface area contributed by atoms with Gasteiger partial charge >= 0.3 is 0 Å². The average Bonchev–Trinajstić information content (AvgIpc) is 3.13. The molecule has 0 aliphatic carbocycles. The molecular formula is C23H22N4O3. The molecule has 0 aliphatic heterocycles. The first kappa shape index (κ1) is 19.6. The first-order chi connectivity index (χ1) is 14.5. The smallest absolute Gasteiger partial charge is 0.277 e. The van der Waals surface area contributed by atoms with E-state index in [2.05, 4.69) is 10.4 Å². The highest BCUT2D eigenvalue weighted by Crippen LogP contribution is 2.24. The van der Waals surface area contributed by atoms with E-state index in [0.29, 0.717) is 11.3 Å². The monoisotopic (exact) mass is 402 g/mol. The minimum atomic E-state index is -0.382. The van der Waals surface area contributed by atoms with E-state index in [0.717, 1.165) is 22.4 Å². The van der Waals surface area contributed by atoms with Gasteiger partial charge in [-0.25, -0.2) is 4.52 Å². The molecule has 7 heteroatoms. The summed E-state index contributed by atoms with van der Waals surface area (Å²) in [5.74, 6) is -0.302. The largest absolute Gasteiger partial charge is 0.392 e. The van der Waals surface area contributed by atoms with Crippen LogP contribution in [0, 0.1) is 13.8 Å². The summed E-state index contributed by atoms with van der Waals surface area (Å²) in [6.45, 7) is 3.44. The van der Waals surface area contributed by atoms with Crippen molar-refractivity contribution in [2.24, 2.45) is 0 Å². The fraction of sp³-hybridized carbons (Fsp3) is 0.174. The van der Waals surface area contributed by atoms with Gasteiger partial charge in [0.05, 0.1) is 12.3 Å². The van der Waals surface area contributed by atoms with Crippen LogP contribution in [0.5, 0.6) is 0 Å². The maximum Gasteiger partial charge on any atom is 0.277 e. The fourth-order valence-corrected chi connectivity index (χ4v) is 3.48. The van der Waals surface area contributed by atoms with Gasteiger partial charge in [-0.2, -0.15) is 5.10 Å². The summed E-state index contributed by atoms with van der Waals surface area (Å²) < 4.78 is 2.78. The van der Waals surface area contributed by atoms with Gasteiger partial charge in [0.1, 0.15) is 12.1 Å². The molecule has 0 saturated heterocycles. The molecule has 2 heterocycles. The molecule has 7 nitrogen and oxygen atoms in total. The van der Waals surface area contributed by atoms with Crippen molar-refractivity contribution >= 4 is 17.1 Å². The van der Waals surface area contributed by atoms with Crippen molar-refractivity contribution in [3.8, 4) is 11.3 Å². The van der Waals surface area contributed by atoms with Gasteiger partial charge in [-0.1, -0.05) is 42.5 Å². The minimum absolute atomic E-state index is 0.139. The Kier molecular flexibility index (Phi) is 5.20. The van der Waals surface area contributed by atoms with E-state index in [9.17, 15) is 14.7 Å². The second-order valence-corrected chi connectivity index (χ2v) is 7.17. The summed E-state index contributed by atoms with van der Waals surface area (Å²) in [4.78, 5) is 25.6. The molecule has 152 valence electrons. The van der Waals surface area contributed by atoms with Gasteiger partial charge in [0.25, 0.3) is 5.56 Å². The van der Waals surface area contributed by atoms with Gasteiger partial charge in [0, 0.05) is 29.2 Å². The van der Waals surface area contributed by atoms with Crippen LogP contribution in [0.25, 0.3) is 16.8 Å². The highest BCUT2D eigenvalue weighted by molar-refractivity contribution is 5.91. The quantitative estimate of drug-likeness (QED) is 0.537. The number of benzene rings is 2. The van der Waals surface area contributed by atoms with E-state index >= 15 is 0 Å². The number of amides is 1. The normalized spacial score (nSPS) is 11.0. The molecule has 0 unspecified atom stereocenters. The first-order valence-electron chi connectivity index (χ1n) is 9.62. The molecule has 1 amide bonds. The topological polar surface area (TPSA) is 88.6 Å². The Morgan fingerprint density at radius 1 is 1.07 bits per heavy atom. The molecule has 2 aromatic heterocycles. The lowest BCUT2D eigenvalue weighted by Crippen LogP contribution is -2.28. The van der Waals surface area contributed by atoms with E-state index < -0.39 is 0 Å². The minimum Gasteiger partial charge on any atom is -0.392 e. The van der Waals surface area contributed by atoms with Gasteiger partial charge in [-0.05, 0) is 31.0 Å². The Balaban J connectivity index is 1.69. The Bertz CT molecular complexity index is 1290. The summed E-state index contributed by atoms with van der Waals surface area (Å²) in [7, 11) is 0. The fourth-order valence-electron chi connectivity index (χ4n) is 3.48. The summed E-state index contributed by atoms with van der Waals surface area (Å²) in [6, 6.07) is 15.1. The number of aliphatic hydroxyl groups is 1. The molecule has 0 spiro atoms.